The fourth-order valence-electron chi connectivity index (χ4n) is 8.23. The third-order valence-corrected chi connectivity index (χ3v) is 9.50. The minimum Gasteiger partial charge on any atom is -0.463 e. The van der Waals surface area contributed by atoms with Crippen molar-refractivity contribution < 1.29 is 19.1 Å². The van der Waals surface area contributed by atoms with Gasteiger partial charge in [0.1, 0.15) is 0 Å². The van der Waals surface area contributed by atoms with Crippen LogP contribution in [0.3, 0.4) is 0 Å². The van der Waals surface area contributed by atoms with Crippen LogP contribution in [0.15, 0.2) is 60.2 Å². The maximum atomic E-state index is 13.6. The fraction of sp³-hybridized carbons (Fsp3) is 0.500. The van der Waals surface area contributed by atoms with Crippen LogP contribution >= 0.6 is 0 Å². The van der Waals surface area contributed by atoms with E-state index < -0.39 is 12.0 Å². The Kier molecular flexibility index (Phi) is 7.97. The smallest absolute Gasteiger partial charge is 0.338 e. The molecule has 4 amide bonds. The first-order chi connectivity index (χ1) is 20.4. The zero-order chi connectivity index (χ0) is 29.3. The van der Waals surface area contributed by atoms with Gasteiger partial charge in [-0.15, -0.1) is 0 Å². The summed E-state index contributed by atoms with van der Waals surface area (Å²) in [5.74, 6) is 1.73. The first kappa shape index (κ1) is 28.3. The highest BCUT2D eigenvalue weighted by molar-refractivity contribution is 6.04. The molecule has 2 aromatic carbocycles. The molecule has 0 saturated heterocycles. The minimum atomic E-state index is -0.738. The third kappa shape index (κ3) is 5.63. The summed E-state index contributed by atoms with van der Waals surface area (Å²) in [6, 6.07) is 15.7. The van der Waals surface area contributed by atoms with Gasteiger partial charge < -0.3 is 20.7 Å². The molecule has 4 bridgehead atoms. The Hall–Kier alpha value is -3.81. The van der Waals surface area contributed by atoms with E-state index in [9.17, 15) is 14.4 Å². The largest absolute Gasteiger partial charge is 0.463 e. The van der Waals surface area contributed by atoms with Crippen molar-refractivity contribution in [2.75, 3.05) is 18.5 Å². The summed E-state index contributed by atoms with van der Waals surface area (Å²) in [5.41, 5.74) is 2.94. The number of nitrogens with one attached hydrogen (secondary N) is 3. The van der Waals surface area contributed by atoms with Gasteiger partial charge in [-0.2, -0.15) is 0 Å². The molecule has 4 aliphatic carbocycles. The Balaban J connectivity index is 1.30. The lowest BCUT2D eigenvalue weighted by molar-refractivity contribution is -0.138. The average Bonchev–Trinajstić information content (AvgIpc) is 2.95. The van der Waals surface area contributed by atoms with Crippen LogP contribution in [0.1, 0.15) is 82.4 Å². The van der Waals surface area contributed by atoms with Crippen LogP contribution in [-0.2, 0) is 9.53 Å². The molecule has 0 spiro atoms. The van der Waals surface area contributed by atoms with Crippen molar-refractivity contribution in [3.63, 3.8) is 0 Å². The summed E-state index contributed by atoms with van der Waals surface area (Å²) >= 11 is 0. The van der Waals surface area contributed by atoms with E-state index in [1.165, 1.54) is 19.3 Å². The van der Waals surface area contributed by atoms with Crippen molar-refractivity contribution >= 4 is 29.4 Å². The van der Waals surface area contributed by atoms with Gasteiger partial charge in [0.15, 0.2) is 0 Å². The normalized spacial score (nSPS) is 28.0. The van der Waals surface area contributed by atoms with E-state index in [1.54, 1.807) is 11.8 Å². The zero-order valence-corrected chi connectivity index (χ0v) is 24.7. The third-order valence-electron chi connectivity index (χ3n) is 9.50. The van der Waals surface area contributed by atoms with Crippen LogP contribution in [0.25, 0.3) is 5.70 Å². The standard InChI is InChI=1S/C34H42N4O4/c1-3-5-14-38-30(25-10-7-6-8-11-25)28(31(39)42-4-2)29(36-33(38)41)26-12-9-13-27(18-26)35-32(40)37-34-19-22-15-23(20-34)17-24(16-22)21-34/h6-13,18,22-24,29H,3-5,14-17,19-21H2,1-2H3,(H,36,41)(H2,35,37,40)/t22?,23?,24?,29-,34?/m1/s1. The zero-order valence-electron chi connectivity index (χ0n) is 24.7. The highest BCUT2D eigenvalue weighted by Crippen LogP contribution is 2.55. The Morgan fingerprint density at radius 2 is 1.67 bits per heavy atom. The number of carbonyl (C=O) groups is 3. The first-order valence-corrected chi connectivity index (χ1v) is 15.6. The lowest BCUT2D eigenvalue weighted by Gasteiger charge is -2.56. The van der Waals surface area contributed by atoms with Crippen molar-refractivity contribution in [3.8, 4) is 0 Å². The second-order valence-corrected chi connectivity index (χ2v) is 12.6. The van der Waals surface area contributed by atoms with Crippen molar-refractivity contribution in [2.24, 2.45) is 17.8 Å². The van der Waals surface area contributed by atoms with Gasteiger partial charge in [-0.25, -0.2) is 14.4 Å². The van der Waals surface area contributed by atoms with Crippen LogP contribution in [-0.4, -0.2) is 41.6 Å². The number of urea groups is 2. The lowest BCUT2D eigenvalue weighted by atomic mass is 9.53. The molecule has 4 saturated carbocycles. The van der Waals surface area contributed by atoms with E-state index in [0.717, 1.165) is 55.4 Å². The van der Waals surface area contributed by atoms with Gasteiger partial charge in [0.2, 0.25) is 0 Å². The molecule has 1 atom stereocenters. The van der Waals surface area contributed by atoms with Gasteiger partial charge in [0.25, 0.3) is 0 Å². The van der Waals surface area contributed by atoms with E-state index in [4.69, 9.17) is 4.74 Å². The second kappa shape index (κ2) is 11.8. The molecule has 5 aliphatic rings. The number of ether oxygens (including phenoxy) is 1. The number of benzene rings is 2. The highest BCUT2D eigenvalue weighted by atomic mass is 16.5. The maximum Gasteiger partial charge on any atom is 0.338 e. The van der Waals surface area contributed by atoms with Gasteiger partial charge in [-0.3, -0.25) is 4.90 Å². The second-order valence-electron chi connectivity index (χ2n) is 12.6. The lowest BCUT2D eigenvalue weighted by Crippen LogP contribution is -2.60. The van der Waals surface area contributed by atoms with Crippen molar-refractivity contribution in [3.05, 3.63) is 71.3 Å². The number of hydrogen-bond donors (Lipinski definition) is 3. The van der Waals surface area contributed by atoms with Gasteiger partial charge in [-0.05, 0) is 92.9 Å². The number of nitrogens with zero attached hydrogens (tertiary/aromatic N) is 1. The van der Waals surface area contributed by atoms with E-state index in [2.05, 4.69) is 22.9 Å². The van der Waals surface area contributed by atoms with Gasteiger partial charge in [0, 0.05) is 17.8 Å². The van der Waals surface area contributed by atoms with Gasteiger partial charge in [-0.1, -0.05) is 55.8 Å². The Bertz CT molecular complexity index is 1340. The summed E-state index contributed by atoms with van der Waals surface area (Å²) in [7, 11) is 0. The van der Waals surface area contributed by atoms with Crippen LogP contribution in [0.2, 0.25) is 0 Å². The molecule has 0 aromatic heterocycles. The van der Waals surface area contributed by atoms with Crippen LogP contribution in [0.5, 0.6) is 0 Å². The molecule has 7 rings (SSSR count). The molecule has 222 valence electrons. The molecule has 8 nitrogen and oxygen atoms in total. The van der Waals surface area contributed by atoms with Crippen molar-refractivity contribution in [1.29, 1.82) is 0 Å². The molecular formula is C34H42N4O4. The van der Waals surface area contributed by atoms with Gasteiger partial charge >= 0.3 is 18.0 Å². The van der Waals surface area contributed by atoms with E-state index in [-0.39, 0.29) is 24.2 Å². The summed E-state index contributed by atoms with van der Waals surface area (Å²) in [4.78, 5) is 42.1. The summed E-state index contributed by atoms with van der Waals surface area (Å²) in [6.45, 7) is 4.54. The fourth-order valence-corrected chi connectivity index (χ4v) is 8.23. The van der Waals surface area contributed by atoms with E-state index in [1.807, 2.05) is 54.6 Å². The number of rotatable bonds is 9. The Morgan fingerprint density at radius 1 is 0.976 bits per heavy atom. The molecule has 0 radical (unpaired) electrons. The summed E-state index contributed by atoms with van der Waals surface area (Å²) in [5, 5.41) is 9.48. The monoisotopic (exact) mass is 570 g/mol. The minimum absolute atomic E-state index is 0.0971. The van der Waals surface area contributed by atoms with Crippen molar-refractivity contribution in [1.82, 2.24) is 15.5 Å². The number of anilines is 1. The molecule has 42 heavy (non-hydrogen) atoms. The highest BCUT2D eigenvalue weighted by Gasteiger charge is 2.51. The van der Waals surface area contributed by atoms with Crippen molar-refractivity contribution in [2.45, 2.75) is 76.8 Å². The molecular weight excluding hydrogens is 528 g/mol. The first-order valence-electron chi connectivity index (χ1n) is 15.6. The van der Waals surface area contributed by atoms with E-state index in [0.29, 0.717) is 29.1 Å². The number of esters is 1. The molecule has 3 N–H and O–H groups in total. The number of unbranched alkanes of at least 4 members (excludes halogenated alkanes) is 1. The molecule has 0 unspecified atom stereocenters. The predicted octanol–water partition coefficient (Wildman–Crippen LogP) is 6.62. The molecule has 4 fully saturated rings. The quantitative estimate of drug-likeness (QED) is 0.295. The average molecular weight is 571 g/mol. The number of amides is 4. The Labute approximate surface area is 248 Å². The number of carbonyl (C=O) groups excluding carboxylic acids is 3. The maximum absolute atomic E-state index is 13.6. The molecule has 1 aliphatic heterocycles. The molecule has 2 aromatic rings. The summed E-state index contributed by atoms with van der Waals surface area (Å²) in [6.07, 6.45) is 8.87. The number of hydrogen-bond acceptors (Lipinski definition) is 4. The summed E-state index contributed by atoms with van der Waals surface area (Å²) < 4.78 is 5.55. The Morgan fingerprint density at radius 3 is 2.31 bits per heavy atom. The molecule has 8 heteroatoms. The SMILES string of the molecule is CCCCN1C(=O)N[C@H](c2cccc(NC(=O)NC34CC5CC(CC(C5)C3)C4)c2)C(C(=O)OCC)=C1c1ccccc1. The molecule has 1 heterocycles. The van der Waals surface area contributed by atoms with Crippen LogP contribution in [0.4, 0.5) is 15.3 Å². The topological polar surface area (TPSA) is 99.8 Å². The predicted molar refractivity (Wildman–Crippen MR) is 162 cm³/mol. The van der Waals surface area contributed by atoms with Gasteiger partial charge in [0.05, 0.1) is 23.9 Å². The van der Waals surface area contributed by atoms with Crippen LogP contribution in [0, 0.1) is 17.8 Å². The van der Waals surface area contributed by atoms with Crippen LogP contribution < -0.4 is 16.0 Å². The van der Waals surface area contributed by atoms with E-state index >= 15 is 0 Å².